The van der Waals surface area contributed by atoms with E-state index in [4.69, 9.17) is 4.52 Å². The van der Waals surface area contributed by atoms with Gasteiger partial charge in [0.25, 0.3) is 0 Å². The molecule has 0 spiro atoms. The van der Waals surface area contributed by atoms with E-state index >= 15 is 0 Å². The van der Waals surface area contributed by atoms with Crippen LogP contribution in [0.15, 0.2) is 21.9 Å². The van der Waals surface area contributed by atoms with E-state index in [9.17, 15) is 4.79 Å². The fourth-order valence-corrected chi connectivity index (χ4v) is 2.76. The van der Waals surface area contributed by atoms with Gasteiger partial charge >= 0.3 is 5.97 Å². The Morgan fingerprint density at radius 3 is 2.86 bits per heavy atom. The Morgan fingerprint density at radius 2 is 2.23 bits per heavy atom. The molecule has 0 amide bonds. The lowest BCUT2D eigenvalue weighted by atomic mass is 10.1. The number of aryl methyl sites for hydroxylation is 2. The molecule has 7 nitrogen and oxygen atoms in total. The highest BCUT2D eigenvalue weighted by Crippen LogP contribution is 2.25. The maximum absolute atomic E-state index is 11.2. The predicted molar refractivity (Wildman–Crippen MR) is 82.8 cm³/mol. The molecule has 2 rings (SSSR count). The van der Waals surface area contributed by atoms with Crippen molar-refractivity contribution in [1.82, 2.24) is 15.1 Å². The number of methoxy groups -OCH3 is 1. The molecule has 1 N–H and O–H groups in total. The summed E-state index contributed by atoms with van der Waals surface area (Å²) in [6, 6.07) is -0.0126. The molecule has 2 aromatic heterocycles. The second kappa shape index (κ2) is 7.26. The molecular weight excluding hydrogens is 304 g/mol. The van der Waals surface area contributed by atoms with E-state index < -0.39 is 0 Å². The summed E-state index contributed by atoms with van der Waals surface area (Å²) in [5.41, 5.74) is 1.86. The van der Waals surface area contributed by atoms with Crippen LogP contribution in [0.1, 0.15) is 30.0 Å². The molecule has 2 heterocycles. The van der Waals surface area contributed by atoms with Crippen molar-refractivity contribution in [3.63, 3.8) is 0 Å². The molecule has 0 saturated heterocycles. The van der Waals surface area contributed by atoms with Crippen LogP contribution in [-0.2, 0) is 9.53 Å². The number of hydrogen-bond acceptors (Lipinski definition) is 8. The normalized spacial score (nSPS) is 12.0. The highest BCUT2D eigenvalue weighted by Gasteiger charge is 2.17. The van der Waals surface area contributed by atoms with Crippen molar-refractivity contribution in [1.29, 1.82) is 0 Å². The van der Waals surface area contributed by atoms with E-state index in [-0.39, 0.29) is 17.8 Å². The minimum absolute atomic E-state index is 0.0126. The first-order chi connectivity index (χ1) is 10.5. The van der Waals surface area contributed by atoms with E-state index in [0.29, 0.717) is 10.8 Å². The number of nitrogens with zero attached hydrogens (tertiary/aromatic N) is 3. The van der Waals surface area contributed by atoms with Crippen molar-refractivity contribution < 1.29 is 14.1 Å². The first kappa shape index (κ1) is 16.3. The van der Waals surface area contributed by atoms with Gasteiger partial charge in [0.05, 0.1) is 37.0 Å². The SMILES string of the molecule is COC(=O)CSc1cncc(NC(C)c2c(C)noc2C)n1. The smallest absolute Gasteiger partial charge is 0.316 e. The molecule has 118 valence electrons. The molecule has 0 aliphatic carbocycles. The number of ether oxygens (including phenoxy) is 1. The minimum atomic E-state index is -0.297. The first-order valence-electron chi connectivity index (χ1n) is 6.72. The fraction of sp³-hybridized carbons (Fsp3) is 0.429. The highest BCUT2D eigenvalue weighted by atomic mass is 32.2. The van der Waals surface area contributed by atoms with Crippen LogP contribution in [-0.4, -0.2) is 34.0 Å². The number of hydrogen-bond donors (Lipinski definition) is 1. The predicted octanol–water partition coefficient (Wildman–Crippen LogP) is 2.52. The second-order valence-electron chi connectivity index (χ2n) is 4.71. The Bertz CT molecular complexity index is 640. The van der Waals surface area contributed by atoms with Crippen molar-refractivity contribution in [2.45, 2.75) is 31.8 Å². The fourth-order valence-electron chi connectivity index (χ4n) is 2.08. The maximum atomic E-state index is 11.2. The van der Waals surface area contributed by atoms with Crippen LogP contribution in [0.2, 0.25) is 0 Å². The first-order valence-corrected chi connectivity index (χ1v) is 7.70. The number of carbonyl (C=O) groups is 1. The van der Waals surface area contributed by atoms with E-state index in [1.54, 1.807) is 12.4 Å². The topological polar surface area (TPSA) is 90.1 Å². The van der Waals surface area contributed by atoms with Crippen molar-refractivity contribution in [2.75, 3.05) is 18.2 Å². The Kier molecular flexibility index (Phi) is 5.37. The zero-order valence-corrected chi connectivity index (χ0v) is 13.7. The summed E-state index contributed by atoms with van der Waals surface area (Å²) in [6.45, 7) is 5.78. The molecule has 22 heavy (non-hydrogen) atoms. The van der Waals surface area contributed by atoms with Crippen LogP contribution >= 0.6 is 11.8 Å². The van der Waals surface area contributed by atoms with Crippen LogP contribution in [0.4, 0.5) is 5.82 Å². The minimum Gasteiger partial charge on any atom is -0.468 e. The monoisotopic (exact) mass is 322 g/mol. The Balaban J connectivity index is 2.05. The van der Waals surface area contributed by atoms with Gasteiger partial charge in [-0.1, -0.05) is 16.9 Å². The molecule has 0 aromatic carbocycles. The van der Waals surface area contributed by atoms with E-state index in [0.717, 1.165) is 17.0 Å². The second-order valence-corrected chi connectivity index (χ2v) is 5.71. The summed E-state index contributed by atoms with van der Waals surface area (Å²) in [4.78, 5) is 19.7. The number of carbonyl (C=O) groups excluding carboxylic acids is 1. The van der Waals surface area contributed by atoms with Crippen LogP contribution in [0.25, 0.3) is 0 Å². The summed E-state index contributed by atoms with van der Waals surface area (Å²) in [6.07, 6.45) is 3.25. The van der Waals surface area contributed by atoms with Crippen molar-refractivity contribution in [3.05, 3.63) is 29.4 Å². The van der Waals surface area contributed by atoms with Crippen molar-refractivity contribution in [3.8, 4) is 0 Å². The zero-order valence-electron chi connectivity index (χ0n) is 12.9. The zero-order chi connectivity index (χ0) is 16.1. The van der Waals surface area contributed by atoms with Gasteiger partial charge in [-0.2, -0.15) is 0 Å². The Morgan fingerprint density at radius 1 is 1.45 bits per heavy atom. The molecule has 2 aromatic rings. The molecule has 1 unspecified atom stereocenters. The van der Waals surface area contributed by atoms with Gasteiger partial charge in [-0.05, 0) is 20.8 Å². The summed E-state index contributed by atoms with van der Waals surface area (Å²) < 4.78 is 9.77. The van der Waals surface area contributed by atoms with Crippen molar-refractivity contribution in [2.24, 2.45) is 0 Å². The van der Waals surface area contributed by atoms with Crippen molar-refractivity contribution >= 4 is 23.5 Å². The van der Waals surface area contributed by atoms with Gasteiger partial charge in [0.2, 0.25) is 0 Å². The number of thioether (sulfide) groups is 1. The number of anilines is 1. The Hall–Kier alpha value is -2.09. The maximum Gasteiger partial charge on any atom is 0.316 e. The third kappa shape index (κ3) is 3.97. The van der Waals surface area contributed by atoms with E-state index in [2.05, 4.69) is 25.2 Å². The van der Waals surface area contributed by atoms with Gasteiger partial charge in [0.15, 0.2) is 0 Å². The van der Waals surface area contributed by atoms with E-state index in [1.807, 2.05) is 20.8 Å². The number of esters is 1. The lowest BCUT2D eigenvalue weighted by molar-refractivity contribution is -0.137. The number of aromatic nitrogens is 3. The molecule has 0 bridgehead atoms. The molecule has 1 atom stereocenters. The van der Waals surface area contributed by atoms with Gasteiger partial charge in [-0.3, -0.25) is 9.78 Å². The summed E-state index contributed by atoms with van der Waals surface area (Å²) in [5, 5.41) is 7.87. The summed E-state index contributed by atoms with van der Waals surface area (Å²) in [7, 11) is 1.36. The summed E-state index contributed by atoms with van der Waals surface area (Å²) >= 11 is 1.28. The van der Waals surface area contributed by atoms with E-state index in [1.165, 1.54) is 18.9 Å². The largest absolute Gasteiger partial charge is 0.468 e. The molecular formula is C14H18N4O3S. The third-order valence-electron chi connectivity index (χ3n) is 3.06. The summed E-state index contributed by atoms with van der Waals surface area (Å²) in [5.74, 6) is 1.31. The van der Waals surface area contributed by atoms with Gasteiger partial charge in [0.1, 0.15) is 16.6 Å². The quantitative estimate of drug-likeness (QED) is 0.641. The Labute approximate surface area is 132 Å². The van der Waals surface area contributed by atoms with Crippen LogP contribution in [0.3, 0.4) is 0 Å². The van der Waals surface area contributed by atoms with Gasteiger partial charge in [-0.25, -0.2) is 4.98 Å². The lowest BCUT2D eigenvalue weighted by Gasteiger charge is -2.14. The van der Waals surface area contributed by atoms with Gasteiger partial charge < -0.3 is 14.6 Å². The standard InChI is InChI=1S/C14H18N4O3S/c1-8(14-9(2)18-21-10(14)3)16-11-5-15-6-12(17-11)22-7-13(19)20-4/h5-6,8H,7H2,1-4H3,(H,16,17). The average Bonchev–Trinajstić information content (AvgIpc) is 2.84. The third-order valence-corrected chi connectivity index (χ3v) is 3.94. The van der Waals surface area contributed by atoms with Crippen LogP contribution in [0, 0.1) is 13.8 Å². The molecule has 0 radical (unpaired) electrons. The lowest BCUT2D eigenvalue weighted by Crippen LogP contribution is -2.10. The number of nitrogens with one attached hydrogen (secondary N) is 1. The highest BCUT2D eigenvalue weighted by molar-refractivity contribution is 7.99. The van der Waals surface area contributed by atoms with Gasteiger partial charge in [-0.15, -0.1) is 0 Å². The molecule has 0 aliphatic heterocycles. The molecule has 0 saturated carbocycles. The van der Waals surface area contributed by atoms with Crippen LogP contribution in [0.5, 0.6) is 0 Å². The number of rotatable bonds is 6. The molecule has 8 heteroatoms. The van der Waals surface area contributed by atoms with Crippen LogP contribution < -0.4 is 5.32 Å². The molecule has 0 fully saturated rings. The van der Waals surface area contributed by atoms with Gasteiger partial charge in [0, 0.05) is 5.56 Å². The molecule has 0 aliphatic rings. The average molecular weight is 322 g/mol.